The highest BCUT2D eigenvalue weighted by Crippen LogP contribution is 2.32. The van der Waals surface area contributed by atoms with Crippen molar-refractivity contribution in [1.29, 1.82) is 0 Å². The fourth-order valence-corrected chi connectivity index (χ4v) is 3.35. The number of hydrogen-bond donors (Lipinski definition) is 1. The second kappa shape index (κ2) is 8.87. The molecule has 3 rings (SSSR count). The van der Waals surface area contributed by atoms with Crippen LogP contribution in [0, 0.1) is 11.6 Å². The van der Waals surface area contributed by atoms with Crippen LogP contribution >= 0.6 is 11.8 Å². The lowest BCUT2D eigenvalue weighted by Crippen LogP contribution is -2.36. The Bertz CT molecular complexity index is 1070. The molecule has 0 atom stereocenters. The van der Waals surface area contributed by atoms with Crippen molar-refractivity contribution < 1.29 is 32.7 Å². The van der Waals surface area contributed by atoms with Gasteiger partial charge in [-0.1, -0.05) is 12.1 Å². The number of carbonyl (C=O) groups excluding carboxylic acids is 4. The van der Waals surface area contributed by atoms with Crippen LogP contribution in [0.15, 0.2) is 47.4 Å². The summed E-state index contributed by atoms with van der Waals surface area (Å²) in [6.07, 6.45) is 1.46. The Morgan fingerprint density at radius 1 is 1.13 bits per heavy atom. The number of halogens is 2. The molecule has 0 radical (unpaired) electrons. The monoisotopic (exact) mass is 432 g/mol. The van der Waals surface area contributed by atoms with Gasteiger partial charge >= 0.3 is 5.97 Å². The molecule has 0 aliphatic carbocycles. The van der Waals surface area contributed by atoms with Crippen molar-refractivity contribution in [2.45, 2.75) is 6.92 Å². The van der Waals surface area contributed by atoms with E-state index in [-0.39, 0.29) is 10.6 Å². The third-order valence-corrected chi connectivity index (χ3v) is 4.73. The van der Waals surface area contributed by atoms with Crippen LogP contribution in [0.3, 0.4) is 0 Å². The van der Waals surface area contributed by atoms with Crippen LogP contribution in [0.2, 0.25) is 0 Å². The van der Waals surface area contributed by atoms with E-state index >= 15 is 0 Å². The minimum atomic E-state index is -0.977. The topological polar surface area (TPSA) is 92.8 Å². The molecule has 30 heavy (non-hydrogen) atoms. The van der Waals surface area contributed by atoms with E-state index in [0.717, 1.165) is 17.0 Å². The predicted octanol–water partition coefficient (Wildman–Crippen LogP) is 3.57. The van der Waals surface area contributed by atoms with Gasteiger partial charge in [0.25, 0.3) is 11.1 Å². The first-order valence-corrected chi connectivity index (χ1v) is 9.33. The zero-order valence-electron chi connectivity index (χ0n) is 15.5. The van der Waals surface area contributed by atoms with Gasteiger partial charge in [-0.2, -0.15) is 0 Å². The van der Waals surface area contributed by atoms with Gasteiger partial charge in [0, 0.05) is 13.0 Å². The number of anilines is 1. The van der Waals surface area contributed by atoms with Gasteiger partial charge < -0.3 is 10.1 Å². The molecule has 0 unspecified atom stereocenters. The van der Waals surface area contributed by atoms with E-state index in [1.165, 1.54) is 25.1 Å². The van der Waals surface area contributed by atoms with Crippen molar-refractivity contribution in [2.75, 3.05) is 11.9 Å². The number of nitrogens with zero attached hydrogens (tertiary/aromatic N) is 1. The third kappa shape index (κ3) is 5.09. The normalized spacial score (nSPS) is 14.9. The van der Waals surface area contributed by atoms with Gasteiger partial charge in [-0.25, -0.2) is 8.78 Å². The Hall–Kier alpha value is -3.53. The molecule has 1 N–H and O–H groups in total. The number of ether oxygens (including phenoxy) is 1. The Kier molecular flexibility index (Phi) is 6.26. The number of thioether (sulfide) groups is 1. The molecule has 0 bridgehead atoms. The van der Waals surface area contributed by atoms with E-state index < -0.39 is 41.2 Å². The molecule has 1 heterocycles. The van der Waals surface area contributed by atoms with Crippen molar-refractivity contribution in [3.8, 4) is 5.75 Å². The lowest BCUT2D eigenvalue weighted by Gasteiger charge is -2.12. The van der Waals surface area contributed by atoms with Crippen molar-refractivity contribution in [2.24, 2.45) is 0 Å². The van der Waals surface area contributed by atoms with Crippen LogP contribution in [0.5, 0.6) is 5.75 Å². The average Bonchev–Trinajstić information content (AvgIpc) is 2.92. The predicted molar refractivity (Wildman–Crippen MR) is 105 cm³/mol. The molecule has 7 nitrogen and oxygen atoms in total. The minimum Gasteiger partial charge on any atom is -0.427 e. The van der Waals surface area contributed by atoms with Crippen LogP contribution < -0.4 is 10.1 Å². The highest BCUT2D eigenvalue weighted by molar-refractivity contribution is 8.18. The highest BCUT2D eigenvalue weighted by atomic mass is 32.2. The SMILES string of the molecule is CC(=O)Oc1ccc(/C=C2/SC(=O)N(CC(=O)Nc3ccc(F)cc3F)C2=O)cc1. The van der Waals surface area contributed by atoms with Crippen LogP contribution in [-0.4, -0.2) is 34.5 Å². The van der Waals surface area contributed by atoms with Crippen LogP contribution in [0.25, 0.3) is 6.08 Å². The molecule has 154 valence electrons. The van der Waals surface area contributed by atoms with E-state index in [1.54, 1.807) is 12.1 Å². The lowest BCUT2D eigenvalue weighted by molar-refractivity contribution is -0.131. The molecule has 0 aromatic heterocycles. The van der Waals surface area contributed by atoms with E-state index in [0.29, 0.717) is 29.1 Å². The molecule has 3 amide bonds. The smallest absolute Gasteiger partial charge is 0.308 e. The standard InChI is InChI=1S/C20H14F2N2O5S/c1-11(25)29-14-5-2-12(3-6-14)8-17-19(27)24(20(28)30-17)10-18(26)23-16-7-4-13(21)9-15(16)22/h2-9H,10H2,1H3,(H,23,26)/b17-8+. The number of carbonyl (C=O) groups is 4. The quantitative estimate of drug-likeness (QED) is 0.441. The molecule has 2 aromatic carbocycles. The number of amides is 3. The first-order chi connectivity index (χ1) is 14.2. The van der Waals surface area contributed by atoms with E-state index in [9.17, 15) is 28.0 Å². The maximum absolute atomic E-state index is 13.6. The van der Waals surface area contributed by atoms with E-state index in [4.69, 9.17) is 4.74 Å². The number of imide groups is 1. The fourth-order valence-electron chi connectivity index (χ4n) is 2.51. The lowest BCUT2D eigenvalue weighted by atomic mass is 10.2. The van der Waals surface area contributed by atoms with E-state index in [2.05, 4.69) is 5.32 Å². The number of benzene rings is 2. The molecule has 1 saturated heterocycles. The van der Waals surface area contributed by atoms with Crippen LogP contribution in [0.1, 0.15) is 12.5 Å². The van der Waals surface area contributed by atoms with Crippen LogP contribution in [0.4, 0.5) is 19.3 Å². The van der Waals surface area contributed by atoms with Gasteiger partial charge in [-0.3, -0.25) is 24.1 Å². The summed E-state index contributed by atoms with van der Waals surface area (Å²) in [6.45, 7) is 0.648. The molecule has 1 fully saturated rings. The zero-order chi connectivity index (χ0) is 21.8. The molecule has 10 heteroatoms. The average molecular weight is 432 g/mol. The molecule has 2 aromatic rings. The second-order valence-corrected chi connectivity index (χ2v) is 7.10. The maximum atomic E-state index is 13.6. The third-order valence-electron chi connectivity index (χ3n) is 3.82. The molecular weight excluding hydrogens is 418 g/mol. The van der Waals surface area contributed by atoms with E-state index in [1.807, 2.05) is 0 Å². The summed E-state index contributed by atoms with van der Waals surface area (Å²) in [6, 6.07) is 8.85. The van der Waals surface area contributed by atoms with Crippen molar-refractivity contribution in [3.63, 3.8) is 0 Å². The zero-order valence-corrected chi connectivity index (χ0v) is 16.3. The first-order valence-electron chi connectivity index (χ1n) is 8.51. The van der Waals surface area contributed by atoms with Gasteiger partial charge in [-0.05, 0) is 47.7 Å². The molecule has 1 aliphatic rings. The van der Waals surface area contributed by atoms with Crippen molar-refractivity contribution >= 4 is 46.5 Å². The summed E-state index contributed by atoms with van der Waals surface area (Å²) in [5.41, 5.74) is 0.311. The summed E-state index contributed by atoms with van der Waals surface area (Å²) in [4.78, 5) is 48.5. The number of rotatable bonds is 5. The maximum Gasteiger partial charge on any atom is 0.308 e. The van der Waals surface area contributed by atoms with Gasteiger partial charge in [0.05, 0.1) is 10.6 Å². The molecule has 0 spiro atoms. The Balaban J connectivity index is 1.67. The van der Waals surface area contributed by atoms with Crippen molar-refractivity contribution in [1.82, 2.24) is 4.90 Å². The largest absolute Gasteiger partial charge is 0.427 e. The number of hydrogen-bond acceptors (Lipinski definition) is 6. The molecule has 0 saturated carbocycles. The number of nitrogens with one attached hydrogen (secondary N) is 1. The Morgan fingerprint density at radius 3 is 2.47 bits per heavy atom. The van der Waals surface area contributed by atoms with Gasteiger partial charge in [-0.15, -0.1) is 0 Å². The van der Waals surface area contributed by atoms with Crippen molar-refractivity contribution in [3.05, 3.63) is 64.6 Å². The van der Waals surface area contributed by atoms with Gasteiger partial charge in [0.15, 0.2) is 0 Å². The fraction of sp³-hybridized carbons (Fsp3) is 0.100. The van der Waals surface area contributed by atoms with Crippen LogP contribution in [-0.2, 0) is 14.4 Å². The molecule has 1 aliphatic heterocycles. The summed E-state index contributed by atoms with van der Waals surface area (Å²) >= 11 is 0.654. The van der Waals surface area contributed by atoms with Gasteiger partial charge in [0.2, 0.25) is 5.91 Å². The summed E-state index contributed by atoms with van der Waals surface area (Å²) in [5.74, 6) is -3.41. The Labute approximate surface area is 173 Å². The first kappa shape index (κ1) is 21.2. The van der Waals surface area contributed by atoms with Gasteiger partial charge in [0.1, 0.15) is 23.9 Å². The number of esters is 1. The summed E-state index contributed by atoms with van der Waals surface area (Å²) < 4.78 is 31.5. The highest BCUT2D eigenvalue weighted by Gasteiger charge is 2.36. The minimum absolute atomic E-state index is 0.0981. The summed E-state index contributed by atoms with van der Waals surface area (Å²) in [5, 5.41) is 1.54. The molecular formula is C20H14F2N2O5S. The second-order valence-electron chi connectivity index (χ2n) is 6.10. The summed E-state index contributed by atoms with van der Waals surface area (Å²) in [7, 11) is 0. The Morgan fingerprint density at radius 2 is 1.83 bits per heavy atom.